The zero-order valence-electron chi connectivity index (χ0n) is 16.1. The Morgan fingerprint density at radius 1 is 1.04 bits per heavy atom. The molecule has 0 saturated heterocycles. The van der Waals surface area contributed by atoms with Crippen molar-refractivity contribution in [1.82, 2.24) is 10.2 Å². The number of hydrogen-bond donors (Lipinski definition) is 2. The first kappa shape index (κ1) is 21.6. The van der Waals surface area contributed by atoms with Crippen LogP contribution in [0, 0.1) is 0 Å². The predicted molar refractivity (Wildman–Crippen MR) is 104 cm³/mol. The van der Waals surface area contributed by atoms with Crippen LogP contribution in [-0.4, -0.2) is 48.7 Å². The number of carbonyl (C=O) groups is 3. The highest BCUT2D eigenvalue weighted by Crippen LogP contribution is 2.11. The third-order valence-electron chi connectivity index (χ3n) is 4.10. The zero-order chi connectivity index (χ0) is 19.5. The van der Waals surface area contributed by atoms with Crippen molar-refractivity contribution in [3.8, 4) is 0 Å². The smallest absolute Gasteiger partial charge is 0.251 e. The lowest BCUT2D eigenvalue weighted by Crippen LogP contribution is -2.29. The summed E-state index contributed by atoms with van der Waals surface area (Å²) < 4.78 is 0. The Bertz CT molecular complexity index is 647. The van der Waals surface area contributed by atoms with E-state index in [1.54, 1.807) is 31.2 Å². The number of Topliss-reactive ketones (excluding diaryl/α,β-unsaturated/α-hetero) is 1. The van der Waals surface area contributed by atoms with Gasteiger partial charge < -0.3 is 15.5 Å². The molecule has 1 aromatic carbocycles. The minimum Gasteiger partial charge on any atom is -0.352 e. The van der Waals surface area contributed by atoms with E-state index in [0.29, 0.717) is 23.4 Å². The average Bonchev–Trinajstić information content (AvgIpc) is 2.62. The van der Waals surface area contributed by atoms with E-state index < -0.39 is 0 Å². The molecule has 0 aliphatic carbocycles. The van der Waals surface area contributed by atoms with E-state index in [-0.39, 0.29) is 17.6 Å². The number of hydrogen-bond acceptors (Lipinski definition) is 4. The van der Waals surface area contributed by atoms with E-state index in [1.165, 1.54) is 13.0 Å². The van der Waals surface area contributed by atoms with Crippen molar-refractivity contribution in [3.05, 3.63) is 41.5 Å². The molecule has 1 aromatic rings. The van der Waals surface area contributed by atoms with Gasteiger partial charge in [-0.1, -0.05) is 13.8 Å². The molecule has 0 unspecified atom stereocenters. The van der Waals surface area contributed by atoms with Crippen LogP contribution in [0.15, 0.2) is 35.9 Å². The Morgan fingerprint density at radius 3 is 2.19 bits per heavy atom. The number of benzene rings is 1. The number of carbonyl (C=O) groups excluding carboxylic acids is 3. The number of anilines is 1. The topological polar surface area (TPSA) is 78.5 Å². The standard InChI is InChI=1S/C20H29N3O3/c1-5-23(6-2)13-7-12-21-19(25)14-15(3)20(26)22-18-10-8-17(9-11-18)16(4)24/h8-11,14H,5-7,12-13H2,1-4H3,(H,21,25)(H,22,26)/b15-14-. The van der Waals surface area contributed by atoms with E-state index in [9.17, 15) is 14.4 Å². The van der Waals surface area contributed by atoms with Gasteiger partial charge in [-0.25, -0.2) is 0 Å². The monoisotopic (exact) mass is 359 g/mol. The van der Waals surface area contributed by atoms with Crippen LogP contribution >= 0.6 is 0 Å². The maximum atomic E-state index is 12.1. The summed E-state index contributed by atoms with van der Waals surface area (Å²) in [6.45, 7) is 10.8. The normalized spacial score (nSPS) is 11.3. The maximum Gasteiger partial charge on any atom is 0.251 e. The van der Waals surface area contributed by atoms with Gasteiger partial charge in [-0.15, -0.1) is 0 Å². The second-order valence-electron chi connectivity index (χ2n) is 6.09. The molecule has 2 amide bonds. The molecule has 0 fully saturated rings. The lowest BCUT2D eigenvalue weighted by Gasteiger charge is -2.17. The van der Waals surface area contributed by atoms with Crippen molar-refractivity contribution in [2.75, 3.05) is 31.5 Å². The molecule has 142 valence electrons. The SMILES string of the molecule is CCN(CC)CCCNC(=O)/C=C(/C)C(=O)Nc1ccc(C(C)=O)cc1. The Morgan fingerprint density at radius 2 is 1.65 bits per heavy atom. The summed E-state index contributed by atoms with van der Waals surface area (Å²) in [6.07, 6.45) is 2.17. The second-order valence-corrected chi connectivity index (χ2v) is 6.09. The highest BCUT2D eigenvalue weighted by Gasteiger charge is 2.08. The van der Waals surface area contributed by atoms with Crippen molar-refractivity contribution >= 4 is 23.3 Å². The van der Waals surface area contributed by atoms with E-state index >= 15 is 0 Å². The number of ketones is 1. The van der Waals surface area contributed by atoms with Gasteiger partial charge in [0.15, 0.2) is 5.78 Å². The number of nitrogens with one attached hydrogen (secondary N) is 2. The molecule has 0 atom stereocenters. The van der Waals surface area contributed by atoms with Crippen LogP contribution in [0.2, 0.25) is 0 Å². The first-order chi connectivity index (χ1) is 12.4. The van der Waals surface area contributed by atoms with Crippen LogP contribution in [0.1, 0.15) is 44.5 Å². The van der Waals surface area contributed by atoms with Crippen LogP contribution in [0.3, 0.4) is 0 Å². The van der Waals surface area contributed by atoms with Gasteiger partial charge in [-0.05, 0) is 64.2 Å². The van der Waals surface area contributed by atoms with Gasteiger partial charge >= 0.3 is 0 Å². The van der Waals surface area contributed by atoms with Gasteiger partial charge in [-0.3, -0.25) is 14.4 Å². The van der Waals surface area contributed by atoms with Crippen LogP contribution in [0.5, 0.6) is 0 Å². The highest BCUT2D eigenvalue weighted by atomic mass is 16.2. The van der Waals surface area contributed by atoms with Gasteiger partial charge in [0, 0.05) is 29.4 Å². The lowest BCUT2D eigenvalue weighted by atomic mass is 10.1. The summed E-state index contributed by atoms with van der Waals surface area (Å²) in [5.41, 5.74) is 1.48. The molecule has 2 N–H and O–H groups in total. The third-order valence-corrected chi connectivity index (χ3v) is 4.10. The summed E-state index contributed by atoms with van der Waals surface area (Å²) in [5, 5.41) is 5.50. The third kappa shape index (κ3) is 7.61. The molecule has 26 heavy (non-hydrogen) atoms. The van der Waals surface area contributed by atoms with Crippen LogP contribution < -0.4 is 10.6 Å². The summed E-state index contributed by atoms with van der Waals surface area (Å²) in [7, 11) is 0. The highest BCUT2D eigenvalue weighted by molar-refractivity contribution is 6.07. The van der Waals surface area contributed by atoms with Gasteiger partial charge in [-0.2, -0.15) is 0 Å². The van der Waals surface area contributed by atoms with Crippen LogP contribution in [0.4, 0.5) is 5.69 Å². The summed E-state index contributed by atoms with van der Waals surface area (Å²) in [4.78, 5) is 37.6. The van der Waals surface area contributed by atoms with Gasteiger partial charge in [0.05, 0.1) is 0 Å². The maximum absolute atomic E-state index is 12.1. The molecule has 0 heterocycles. The largest absolute Gasteiger partial charge is 0.352 e. The van der Waals surface area contributed by atoms with Crippen molar-refractivity contribution in [2.45, 2.75) is 34.1 Å². The molecule has 6 nitrogen and oxygen atoms in total. The molecule has 1 rings (SSSR count). The van der Waals surface area contributed by atoms with Gasteiger partial charge in [0.2, 0.25) is 5.91 Å². The van der Waals surface area contributed by atoms with Crippen molar-refractivity contribution < 1.29 is 14.4 Å². The first-order valence-electron chi connectivity index (χ1n) is 8.98. The number of amides is 2. The fourth-order valence-electron chi connectivity index (χ4n) is 2.39. The quantitative estimate of drug-likeness (QED) is 0.382. The molecule has 0 radical (unpaired) electrons. The Labute approximate surface area is 155 Å². The van der Waals surface area contributed by atoms with Crippen molar-refractivity contribution in [2.24, 2.45) is 0 Å². The summed E-state index contributed by atoms with van der Waals surface area (Å²) >= 11 is 0. The molecule has 0 spiro atoms. The van der Waals surface area contributed by atoms with Crippen molar-refractivity contribution in [1.29, 1.82) is 0 Å². The van der Waals surface area contributed by atoms with Gasteiger partial charge in [0.25, 0.3) is 5.91 Å². The summed E-state index contributed by atoms with van der Waals surface area (Å²) in [6, 6.07) is 6.63. The molecular weight excluding hydrogens is 330 g/mol. The predicted octanol–water partition coefficient (Wildman–Crippen LogP) is 2.62. The van der Waals surface area contributed by atoms with E-state index in [2.05, 4.69) is 29.4 Å². The molecular formula is C20H29N3O3. The fourth-order valence-corrected chi connectivity index (χ4v) is 2.39. The average molecular weight is 359 g/mol. The summed E-state index contributed by atoms with van der Waals surface area (Å²) in [5.74, 6) is -0.653. The molecule has 0 bridgehead atoms. The molecule has 6 heteroatoms. The van der Waals surface area contributed by atoms with Gasteiger partial charge in [0.1, 0.15) is 0 Å². The number of rotatable bonds is 10. The molecule has 0 saturated carbocycles. The van der Waals surface area contributed by atoms with E-state index in [0.717, 1.165) is 26.1 Å². The number of nitrogens with zero attached hydrogens (tertiary/aromatic N) is 1. The van der Waals surface area contributed by atoms with Crippen LogP contribution in [0.25, 0.3) is 0 Å². The second kappa shape index (κ2) is 11.2. The minimum atomic E-state index is -0.348. The van der Waals surface area contributed by atoms with Crippen LogP contribution in [-0.2, 0) is 9.59 Å². The molecule has 0 aliphatic heterocycles. The Kier molecular flexibility index (Phi) is 9.30. The minimum absolute atomic E-state index is 0.0309. The first-order valence-corrected chi connectivity index (χ1v) is 8.98. The zero-order valence-corrected chi connectivity index (χ0v) is 16.1. The Hall–Kier alpha value is -2.47. The lowest BCUT2D eigenvalue weighted by molar-refractivity contribution is -0.117. The molecule has 0 aliphatic rings. The van der Waals surface area contributed by atoms with Crippen molar-refractivity contribution in [3.63, 3.8) is 0 Å². The van der Waals surface area contributed by atoms with E-state index in [4.69, 9.17) is 0 Å². The Balaban J connectivity index is 2.45. The fraction of sp³-hybridized carbons (Fsp3) is 0.450. The van der Waals surface area contributed by atoms with E-state index in [1.807, 2.05) is 0 Å². The molecule has 0 aromatic heterocycles.